The van der Waals surface area contributed by atoms with Crippen LogP contribution in [0.4, 0.5) is 0 Å². The largest absolute Gasteiger partial charge is 0.339 e. The molecule has 1 atom stereocenters. The predicted octanol–water partition coefficient (Wildman–Crippen LogP) is 4.26. The highest BCUT2D eigenvalue weighted by Gasteiger charge is 2.20. The summed E-state index contributed by atoms with van der Waals surface area (Å²) < 4.78 is 5.37. The van der Waals surface area contributed by atoms with Crippen LogP contribution in [-0.2, 0) is 11.2 Å². The van der Waals surface area contributed by atoms with Crippen LogP contribution < -0.4 is 0 Å². The maximum atomic E-state index is 12.5. The molecule has 25 heavy (non-hydrogen) atoms. The van der Waals surface area contributed by atoms with E-state index in [2.05, 4.69) is 37.8 Å². The number of carbonyl (C=O) groups is 1. The van der Waals surface area contributed by atoms with Gasteiger partial charge in [-0.05, 0) is 26.2 Å². The van der Waals surface area contributed by atoms with E-state index < -0.39 is 0 Å². The van der Waals surface area contributed by atoms with Gasteiger partial charge < -0.3 is 9.42 Å². The molecule has 5 heteroatoms. The predicted molar refractivity (Wildman–Crippen MR) is 99.1 cm³/mol. The minimum Gasteiger partial charge on any atom is -0.339 e. The van der Waals surface area contributed by atoms with E-state index in [4.69, 9.17) is 4.52 Å². The van der Waals surface area contributed by atoms with Crippen LogP contribution in [0.5, 0.6) is 0 Å². The lowest BCUT2D eigenvalue weighted by Gasteiger charge is -2.29. The molecule has 0 saturated carbocycles. The molecule has 0 fully saturated rings. The lowest BCUT2D eigenvalue weighted by molar-refractivity contribution is -0.134. The van der Waals surface area contributed by atoms with Crippen LogP contribution >= 0.6 is 0 Å². The highest BCUT2D eigenvalue weighted by Crippen LogP contribution is 2.17. The van der Waals surface area contributed by atoms with Crippen LogP contribution in [0.3, 0.4) is 0 Å². The number of hydrogen-bond donors (Lipinski definition) is 0. The van der Waals surface area contributed by atoms with E-state index in [9.17, 15) is 4.79 Å². The minimum atomic E-state index is 0.197. The second-order valence-corrected chi connectivity index (χ2v) is 7.07. The molecule has 5 nitrogen and oxygen atoms in total. The Hall–Kier alpha value is -2.17. The number of aromatic nitrogens is 2. The topological polar surface area (TPSA) is 59.2 Å². The molecule has 0 aliphatic heterocycles. The van der Waals surface area contributed by atoms with Crippen LogP contribution in [0, 0.1) is 12.8 Å². The van der Waals surface area contributed by atoms with Crippen LogP contribution in [-0.4, -0.2) is 33.5 Å². The van der Waals surface area contributed by atoms with Crippen molar-refractivity contribution in [3.05, 3.63) is 35.7 Å². The lowest BCUT2D eigenvalue weighted by Crippen LogP contribution is -2.40. The van der Waals surface area contributed by atoms with Gasteiger partial charge in [0.15, 0.2) is 0 Å². The Balaban J connectivity index is 2.02. The SMILES string of the molecule is CC[C@@H](C)N(CCc1nc(-c2ccc(C)cc2)no1)C(=O)CC(C)C. The molecule has 136 valence electrons. The van der Waals surface area contributed by atoms with Crippen molar-refractivity contribution in [1.82, 2.24) is 15.0 Å². The Kier molecular flexibility index (Phi) is 6.73. The fourth-order valence-electron chi connectivity index (χ4n) is 2.67. The van der Waals surface area contributed by atoms with Gasteiger partial charge in [-0.1, -0.05) is 55.8 Å². The Morgan fingerprint density at radius 2 is 1.88 bits per heavy atom. The zero-order valence-electron chi connectivity index (χ0n) is 16.0. The fourth-order valence-corrected chi connectivity index (χ4v) is 2.67. The van der Waals surface area contributed by atoms with Gasteiger partial charge in [-0.3, -0.25) is 4.79 Å². The third kappa shape index (κ3) is 5.41. The summed E-state index contributed by atoms with van der Waals surface area (Å²) in [5.74, 6) is 1.72. The average molecular weight is 343 g/mol. The number of benzene rings is 1. The van der Waals surface area contributed by atoms with Gasteiger partial charge in [0.25, 0.3) is 0 Å². The molecule has 0 aliphatic rings. The maximum Gasteiger partial charge on any atom is 0.228 e. The van der Waals surface area contributed by atoms with Gasteiger partial charge >= 0.3 is 0 Å². The summed E-state index contributed by atoms with van der Waals surface area (Å²) >= 11 is 0. The van der Waals surface area contributed by atoms with Gasteiger partial charge in [-0.15, -0.1) is 0 Å². The minimum absolute atomic E-state index is 0.197. The van der Waals surface area contributed by atoms with E-state index in [0.29, 0.717) is 37.0 Å². The summed E-state index contributed by atoms with van der Waals surface area (Å²) in [7, 11) is 0. The first-order valence-electron chi connectivity index (χ1n) is 9.09. The van der Waals surface area contributed by atoms with Gasteiger partial charge in [0.1, 0.15) is 0 Å². The molecule has 1 heterocycles. The number of rotatable bonds is 8. The van der Waals surface area contributed by atoms with Crippen molar-refractivity contribution in [2.24, 2.45) is 5.92 Å². The highest BCUT2D eigenvalue weighted by atomic mass is 16.5. The summed E-state index contributed by atoms with van der Waals surface area (Å²) in [6.07, 6.45) is 2.08. The molecule has 0 saturated heterocycles. The molecule has 0 bridgehead atoms. The number of hydrogen-bond acceptors (Lipinski definition) is 4. The quantitative estimate of drug-likeness (QED) is 0.718. The third-order valence-electron chi connectivity index (χ3n) is 4.37. The Labute approximate surface area is 150 Å². The molecule has 0 unspecified atom stereocenters. The second-order valence-electron chi connectivity index (χ2n) is 7.07. The molecule has 2 aromatic rings. The van der Waals surface area contributed by atoms with E-state index in [1.807, 2.05) is 36.1 Å². The summed E-state index contributed by atoms with van der Waals surface area (Å²) in [5, 5.41) is 4.06. The summed E-state index contributed by atoms with van der Waals surface area (Å²) in [5.41, 5.74) is 2.13. The molecular formula is C20H29N3O2. The first-order valence-corrected chi connectivity index (χ1v) is 9.09. The van der Waals surface area contributed by atoms with Crippen LogP contribution in [0.2, 0.25) is 0 Å². The van der Waals surface area contributed by atoms with Crippen molar-refractivity contribution in [2.75, 3.05) is 6.54 Å². The van der Waals surface area contributed by atoms with Gasteiger partial charge in [-0.2, -0.15) is 4.98 Å². The van der Waals surface area contributed by atoms with Crippen molar-refractivity contribution in [3.8, 4) is 11.4 Å². The van der Waals surface area contributed by atoms with E-state index in [-0.39, 0.29) is 11.9 Å². The molecule has 1 aromatic carbocycles. The molecule has 1 amide bonds. The first kappa shape index (κ1) is 19.2. The van der Waals surface area contributed by atoms with Crippen molar-refractivity contribution in [2.45, 2.75) is 59.9 Å². The molecule has 1 aromatic heterocycles. The average Bonchev–Trinajstić information content (AvgIpc) is 3.03. The van der Waals surface area contributed by atoms with E-state index in [1.165, 1.54) is 5.56 Å². The Morgan fingerprint density at radius 1 is 1.20 bits per heavy atom. The first-order chi connectivity index (χ1) is 11.9. The maximum absolute atomic E-state index is 12.5. The van der Waals surface area contributed by atoms with Crippen molar-refractivity contribution in [1.29, 1.82) is 0 Å². The number of nitrogens with zero attached hydrogens (tertiary/aromatic N) is 3. The van der Waals surface area contributed by atoms with Crippen molar-refractivity contribution < 1.29 is 9.32 Å². The van der Waals surface area contributed by atoms with Gasteiger partial charge in [0, 0.05) is 31.0 Å². The molecule has 0 radical (unpaired) electrons. The lowest BCUT2D eigenvalue weighted by atomic mass is 10.1. The Morgan fingerprint density at radius 3 is 2.48 bits per heavy atom. The molecule has 0 N–H and O–H groups in total. The normalized spacial score (nSPS) is 12.4. The van der Waals surface area contributed by atoms with E-state index in [1.54, 1.807) is 0 Å². The van der Waals surface area contributed by atoms with Crippen molar-refractivity contribution in [3.63, 3.8) is 0 Å². The summed E-state index contributed by atoms with van der Waals surface area (Å²) in [4.78, 5) is 18.9. The fraction of sp³-hybridized carbons (Fsp3) is 0.550. The third-order valence-corrected chi connectivity index (χ3v) is 4.37. The molecule has 2 rings (SSSR count). The monoisotopic (exact) mass is 343 g/mol. The second kappa shape index (κ2) is 8.79. The number of amides is 1. The van der Waals surface area contributed by atoms with Gasteiger partial charge in [0.2, 0.25) is 17.6 Å². The zero-order chi connectivity index (χ0) is 18.4. The van der Waals surface area contributed by atoms with Crippen LogP contribution in [0.25, 0.3) is 11.4 Å². The molecular weight excluding hydrogens is 314 g/mol. The van der Waals surface area contributed by atoms with Crippen LogP contribution in [0.1, 0.15) is 52.0 Å². The highest BCUT2D eigenvalue weighted by molar-refractivity contribution is 5.76. The number of aryl methyl sites for hydroxylation is 1. The van der Waals surface area contributed by atoms with Crippen LogP contribution in [0.15, 0.2) is 28.8 Å². The van der Waals surface area contributed by atoms with Gasteiger partial charge in [0.05, 0.1) is 0 Å². The standard InChI is InChI=1S/C20H29N3O2/c1-6-16(5)23(19(24)13-14(2)3)12-11-18-21-20(22-25-18)17-9-7-15(4)8-10-17/h7-10,14,16H,6,11-13H2,1-5H3/t16-/m1/s1. The van der Waals surface area contributed by atoms with Gasteiger partial charge in [-0.25, -0.2) is 0 Å². The smallest absolute Gasteiger partial charge is 0.228 e. The number of carbonyl (C=O) groups excluding carboxylic acids is 1. The van der Waals surface area contributed by atoms with E-state index >= 15 is 0 Å². The van der Waals surface area contributed by atoms with Crippen molar-refractivity contribution >= 4 is 5.91 Å². The molecule has 0 spiro atoms. The summed E-state index contributed by atoms with van der Waals surface area (Å²) in [6, 6.07) is 8.25. The van der Waals surface area contributed by atoms with E-state index in [0.717, 1.165) is 12.0 Å². The Bertz CT molecular complexity index is 677. The summed E-state index contributed by atoms with van der Waals surface area (Å²) in [6.45, 7) is 11.0. The molecule has 0 aliphatic carbocycles. The zero-order valence-corrected chi connectivity index (χ0v) is 16.0.